The van der Waals surface area contributed by atoms with E-state index in [1.807, 2.05) is 6.92 Å². The van der Waals surface area contributed by atoms with Gasteiger partial charge in [0.15, 0.2) is 0 Å². The van der Waals surface area contributed by atoms with Gasteiger partial charge in [0, 0.05) is 19.7 Å². The molecule has 1 saturated heterocycles. The first-order chi connectivity index (χ1) is 6.55. The van der Waals surface area contributed by atoms with Crippen LogP contribution in [0.25, 0.3) is 0 Å². The molecule has 1 unspecified atom stereocenters. The molecule has 1 N–H and O–H groups in total. The van der Waals surface area contributed by atoms with Crippen molar-refractivity contribution in [1.29, 1.82) is 0 Å². The van der Waals surface area contributed by atoms with Crippen molar-refractivity contribution < 1.29 is 14.6 Å². The van der Waals surface area contributed by atoms with E-state index in [0.717, 1.165) is 19.4 Å². The fraction of sp³-hybridized carbons (Fsp3) is 0.900. The quantitative estimate of drug-likeness (QED) is 0.719. The average Bonchev–Trinajstić information content (AvgIpc) is 2.12. The van der Waals surface area contributed by atoms with Crippen molar-refractivity contribution in [3.63, 3.8) is 0 Å². The lowest BCUT2D eigenvalue weighted by atomic mass is 9.95. The fourth-order valence-corrected chi connectivity index (χ4v) is 1.71. The van der Waals surface area contributed by atoms with Gasteiger partial charge in [0.05, 0.1) is 5.60 Å². The molecular weight excluding hydrogens is 182 g/mol. The van der Waals surface area contributed by atoms with Crippen molar-refractivity contribution in [1.82, 2.24) is 4.90 Å². The van der Waals surface area contributed by atoms with Crippen LogP contribution in [0.15, 0.2) is 0 Å². The first kappa shape index (κ1) is 11.5. The molecule has 1 heterocycles. The summed E-state index contributed by atoms with van der Waals surface area (Å²) in [5.74, 6) is -0.0215. The highest BCUT2D eigenvalue weighted by atomic mass is 16.5. The third kappa shape index (κ3) is 3.27. The lowest BCUT2D eigenvalue weighted by Crippen LogP contribution is -2.49. The number of nitrogens with zero attached hydrogens (tertiary/aromatic N) is 1. The third-order valence-corrected chi connectivity index (χ3v) is 2.46. The van der Waals surface area contributed by atoms with Crippen molar-refractivity contribution in [2.24, 2.45) is 0 Å². The van der Waals surface area contributed by atoms with Crippen LogP contribution in [0.5, 0.6) is 0 Å². The predicted octanol–water partition coefficient (Wildman–Crippen LogP) is 0.396. The standard InChI is InChI=1S/C10H19NO3/c1-3-14-7-9(12)11-6-4-5-10(2,13)8-11/h13H,3-8H2,1-2H3. The van der Waals surface area contributed by atoms with Crippen LogP contribution in [0.1, 0.15) is 26.7 Å². The number of carbonyl (C=O) groups is 1. The molecule has 0 aromatic rings. The van der Waals surface area contributed by atoms with E-state index < -0.39 is 5.60 Å². The van der Waals surface area contributed by atoms with Crippen molar-refractivity contribution in [2.75, 3.05) is 26.3 Å². The second kappa shape index (κ2) is 4.75. The topological polar surface area (TPSA) is 49.8 Å². The molecule has 0 aromatic carbocycles. The van der Waals surface area contributed by atoms with E-state index >= 15 is 0 Å². The molecule has 82 valence electrons. The number of piperidine rings is 1. The van der Waals surface area contributed by atoms with Crippen LogP contribution in [0, 0.1) is 0 Å². The Bertz CT molecular complexity index is 204. The molecule has 1 atom stereocenters. The van der Waals surface area contributed by atoms with Crippen molar-refractivity contribution in [3.05, 3.63) is 0 Å². The summed E-state index contributed by atoms with van der Waals surface area (Å²) in [6.07, 6.45) is 1.64. The van der Waals surface area contributed by atoms with E-state index in [-0.39, 0.29) is 12.5 Å². The van der Waals surface area contributed by atoms with Crippen LogP contribution in [-0.2, 0) is 9.53 Å². The van der Waals surface area contributed by atoms with Gasteiger partial charge < -0.3 is 14.7 Å². The largest absolute Gasteiger partial charge is 0.388 e. The Morgan fingerprint density at radius 2 is 2.36 bits per heavy atom. The van der Waals surface area contributed by atoms with Crippen molar-refractivity contribution >= 4 is 5.91 Å². The molecule has 1 aliphatic rings. The van der Waals surface area contributed by atoms with Crippen molar-refractivity contribution in [3.8, 4) is 0 Å². The number of ether oxygens (including phenoxy) is 1. The molecule has 4 heteroatoms. The number of hydrogen-bond acceptors (Lipinski definition) is 3. The number of likely N-dealkylation sites (tertiary alicyclic amines) is 1. The zero-order chi connectivity index (χ0) is 10.6. The van der Waals surface area contributed by atoms with Gasteiger partial charge in [0.1, 0.15) is 6.61 Å². The molecule has 0 aromatic heterocycles. The van der Waals surface area contributed by atoms with Crippen LogP contribution in [-0.4, -0.2) is 47.8 Å². The minimum Gasteiger partial charge on any atom is -0.388 e. The Labute approximate surface area is 84.8 Å². The lowest BCUT2D eigenvalue weighted by Gasteiger charge is -2.36. The van der Waals surface area contributed by atoms with E-state index in [0.29, 0.717) is 13.2 Å². The van der Waals surface area contributed by atoms with E-state index in [9.17, 15) is 9.90 Å². The zero-order valence-electron chi connectivity index (χ0n) is 8.95. The SMILES string of the molecule is CCOCC(=O)N1CCCC(C)(O)C1. The molecule has 4 nitrogen and oxygen atoms in total. The smallest absolute Gasteiger partial charge is 0.248 e. The Morgan fingerprint density at radius 1 is 1.64 bits per heavy atom. The molecular formula is C10H19NO3. The summed E-state index contributed by atoms with van der Waals surface area (Å²) in [5.41, 5.74) is -0.722. The number of hydrogen-bond donors (Lipinski definition) is 1. The highest BCUT2D eigenvalue weighted by Gasteiger charge is 2.30. The second-order valence-electron chi connectivity index (χ2n) is 4.05. The summed E-state index contributed by atoms with van der Waals surface area (Å²) in [6, 6.07) is 0. The van der Waals surface area contributed by atoms with E-state index in [1.54, 1.807) is 11.8 Å². The second-order valence-corrected chi connectivity index (χ2v) is 4.05. The van der Waals surface area contributed by atoms with Gasteiger partial charge in [-0.3, -0.25) is 4.79 Å². The van der Waals surface area contributed by atoms with Crippen LogP contribution < -0.4 is 0 Å². The van der Waals surface area contributed by atoms with Gasteiger partial charge in [-0.05, 0) is 26.7 Å². The first-order valence-corrected chi connectivity index (χ1v) is 5.13. The van der Waals surface area contributed by atoms with Gasteiger partial charge in [-0.1, -0.05) is 0 Å². The molecule has 0 spiro atoms. The van der Waals surface area contributed by atoms with E-state index in [4.69, 9.17) is 4.74 Å². The Hall–Kier alpha value is -0.610. The molecule has 1 rings (SSSR count). The van der Waals surface area contributed by atoms with E-state index in [2.05, 4.69) is 0 Å². The Kier molecular flexibility index (Phi) is 3.89. The van der Waals surface area contributed by atoms with Gasteiger partial charge in [0.25, 0.3) is 0 Å². The number of amides is 1. The minimum atomic E-state index is -0.722. The molecule has 0 bridgehead atoms. The maximum Gasteiger partial charge on any atom is 0.248 e. The van der Waals surface area contributed by atoms with Crippen LogP contribution >= 0.6 is 0 Å². The summed E-state index contributed by atoms with van der Waals surface area (Å²) in [6.45, 7) is 5.48. The maximum absolute atomic E-state index is 11.5. The fourth-order valence-electron chi connectivity index (χ4n) is 1.71. The van der Waals surface area contributed by atoms with Crippen LogP contribution in [0.2, 0.25) is 0 Å². The van der Waals surface area contributed by atoms with Crippen LogP contribution in [0.4, 0.5) is 0 Å². The molecule has 1 amide bonds. The molecule has 14 heavy (non-hydrogen) atoms. The molecule has 0 aliphatic carbocycles. The van der Waals surface area contributed by atoms with E-state index in [1.165, 1.54) is 0 Å². The monoisotopic (exact) mass is 201 g/mol. The summed E-state index contributed by atoms with van der Waals surface area (Å²) < 4.78 is 5.04. The normalized spacial score (nSPS) is 27.8. The number of carbonyl (C=O) groups excluding carboxylic acids is 1. The molecule has 1 fully saturated rings. The number of rotatable bonds is 3. The highest BCUT2D eigenvalue weighted by molar-refractivity contribution is 5.77. The van der Waals surface area contributed by atoms with Gasteiger partial charge in [-0.2, -0.15) is 0 Å². The molecule has 1 aliphatic heterocycles. The molecule has 0 saturated carbocycles. The van der Waals surface area contributed by atoms with Crippen molar-refractivity contribution in [2.45, 2.75) is 32.3 Å². The third-order valence-electron chi connectivity index (χ3n) is 2.46. The zero-order valence-corrected chi connectivity index (χ0v) is 8.95. The summed E-state index contributed by atoms with van der Waals surface area (Å²) in [4.78, 5) is 13.2. The van der Waals surface area contributed by atoms with Gasteiger partial charge in [0.2, 0.25) is 5.91 Å². The number of aliphatic hydroxyl groups is 1. The molecule has 0 radical (unpaired) electrons. The minimum absolute atomic E-state index is 0.0215. The Balaban J connectivity index is 2.40. The van der Waals surface area contributed by atoms with Crippen LogP contribution in [0.3, 0.4) is 0 Å². The first-order valence-electron chi connectivity index (χ1n) is 5.13. The van der Waals surface area contributed by atoms with Gasteiger partial charge in [-0.25, -0.2) is 0 Å². The number of β-amino-alcohol motifs (C(OH)–C–C–N with tert-alkyl or cyclic N) is 1. The highest BCUT2D eigenvalue weighted by Crippen LogP contribution is 2.20. The summed E-state index contributed by atoms with van der Waals surface area (Å²) in [7, 11) is 0. The average molecular weight is 201 g/mol. The maximum atomic E-state index is 11.5. The summed E-state index contributed by atoms with van der Waals surface area (Å²) in [5, 5.41) is 9.78. The lowest BCUT2D eigenvalue weighted by molar-refractivity contribution is -0.142. The Morgan fingerprint density at radius 3 is 2.93 bits per heavy atom. The van der Waals surface area contributed by atoms with Gasteiger partial charge in [-0.15, -0.1) is 0 Å². The summed E-state index contributed by atoms with van der Waals surface area (Å²) >= 11 is 0. The predicted molar refractivity (Wildman–Crippen MR) is 52.9 cm³/mol. The van der Waals surface area contributed by atoms with Gasteiger partial charge >= 0.3 is 0 Å².